The van der Waals surface area contributed by atoms with Crippen LogP contribution >= 0.6 is 11.6 Å². The fourth-order valence-corrected chi connectivity index (χ4v) is 2.37. The Labute approximate surface area is 124 Å². The molecule has 0 radical (unpaired) electrons. The zero-order chi connectivity index (χ0) is 14.4. The minimum absolute atomic E-state index is 0.0342. The molecule has 1 heterocycles. The smallest absolute Gasteiger partial charge is 0.123 e. The predicted molar refractivity (Wildman–Crippen MR) is 80.4 cm³/mol. The van der Waals surface area contributed by atoms with Crippen molar-refractivity contribution in [1.29, 1.82) is 0 Å². The molecule has 0 amide bonds. The quantitative estimate of drug-likeness (QED) is 0.865. The lowest BCUT2D eigenvalue weighted by Crippen LogP contribution is -2.24. The Morgan fingerprint density at radius 1 is 1.30 bits per heavy atom. The highest BCUT2D eigenvalue weighted by molar-refractivity contribution is 6.31. The van der Waals surface area contributed by atoms with Gasteiger partial charge in [-0.15, -0.1) is 0 Å². The number of halogens is 2. The van der Waals surface area contributed by atoms with Crippen LogP contribution in [0.2, 0.25) is 5.02 Å². The summed E-state index contributed by atoms with van der Waals surface area (Å²) in [6, 6.07) is 10.2. The van der Waals surface area contributed by atoms with Gasteiger partial charge in [0.05, 0.1) is 0 Å². The van der Waals surface area contributed by atoms with Gasteiger partial charge in [-0.1, -0.05) is 24.6 Å². The molecular formula is C16H18ClFN2. The van der Waals surface area contributed by atoms with Gasteiger partial charge in [0.2, 0.25) is 0 Å². The van der Waals surface area contributed by atoms with E-state index >= 15 is 0 Å². The van der Waals surface area contributed by atoms with Crippen molar-refractivity contribution >= 4 is 11.6 Å². The van der Waals surface area contributed by atoms with Gasteiger partial charge < -0.3 is 5.32 Å². The second kappa shape index (κ2) is 7.36. The highest BCUT2D eigenvalue weighted by atomic mass is 35.5. The summed E-state index contributed by atoms with van der Waals surface area (Å²) in [6.07, 6.45) is 3.45. The Kier molecular flexibility index (Phi) is 5.50. The number of hydrogen-bond donors (Lipinski definition) is 1. The molecular weight excluding hydrogens is 275 g/mol. The van der Waals surface area contributed by atoms with Crippen LogP contribution in [0, 0.1) is 5.82 Å². The van der Waals surface area contributed by atoms with E-state index in [0.717, 1.165) is 24.2 Å². The maximum absolute atomic E-state index is 13.5. The zero-order valence-electron chi connectivity index (χ0n) is 11.4. The standard InChI is InChI=1S/C16H18ClFN2/c1-2-8-20-16(11-13-5-3-4-9-19-13)14-10-12(18)6-7-15(14)17/h3-7,9-10,16,20H,2,8,11H2,1H3. The SMILES string of the molecule is CCCNC(Cc1ccccn1)c1cc(F)ccc1Cl. The third-order valence-electron chi connectivity index (χ3n) is 3.11. The maximum Gasteiger partial charge on any atom is 0.123 e. The van der Waals surface area contributed by atoms with Crippen LogP contribution in [0.25, 0.3) is 0 Å². The summed E-state index contributed by atoms with van der Waals surface area (Å²) >= 11 is 6.21. The lowest BCUT2D eigenvalue weighted by molar-refractivity contribution is 0.520. The van der Waals surface area contributed by atoms with Crippen molar-refractivity contribution in [3.05, 3.63) is 64.7 Å². The first-order valence-corrected chi connectivity index (χ1v) is 7.16. The van der Waals surface area contributed by atoms with E-state index in [0.29, 0.717) is 11.4 Å². The summed E-state index contributed by atoms with van der Waals surface area (Å²) in [5.74, 6) is -0.270. The molecule has 2 rings (SSSR count). The second-order valence-corrected chi connectivity index (χ2v) is 5.10. The second-order valence-electron chi connectivity index (χ2n) is 4.70. The average molecular weight is 293 g/mol. The van der Waals surface area contributed by atoms with E-state index in [4.69, 9.17) is 11.6 Å². The normalized spacial score (nSPS) is 12.3. The van der Waals surface area contributed by atoms with Gasteiger partial charge in [0.1, 0.15) is 5.82 Å². The molecule has 0 saturated heterocycles. The maximum atomic E-state index is 13.5. The van der Waals surface area contributed by atoms with Crippen LogP contribution in [-0.2, 0) is 6.42 Å². The Balaban J connectivity index is 2.24. The fraction of sp³-hybridized carbons (Fsp3) is 0.312. The number of nitrogens with zero attached hydrogens (tertiary/aromatic N) is 1. The molecule has 0 spiro atoms. The Morgan fingerprint density at radius 2 is 2.15 bits per heavy atom. The number of hydrogen-bond acceptors (Lipinski definition) is 2. The molecule has 0 aliphatic carbocycles. The van der Waals surface area contributed by atoms with Gasteiger partial charge in [-0.25, -0.2) is 4.39 Å². The van der Waals surface area contributed by atoms with Crippen molar-refractivity contribution < 1.29 is 4.39 Å². The first-order chi connectivity index (χ1) is 9.70. The summed E-state index contributed by atoms with van der Waals surface area (Å²) in [7, 11) is 0. The molecule has 4 heteroatoms. The van der Waals surface area contributed by atoms with E-state index < -0.39 is 0 Å². The number of benzene rings is 1. The van der Waals surface area contributed by atoms with E-state index in [-0.39, 0.29) is 11.9 Å². The molecule has 0 aliphatic heterocycles. The van der Waals surface area contributed by atoms with Crippen LogP contribution in [0.5, 0.6) is 0 Å². The highest BCUT2D eigenvalue weighted by Gasteiger charge is 2.16. The Bertz CT molecular complexity index is 545. The third kappa shape index (κ3) is 4.02. The van der Waals surface area contributed by atoms with Crippen molar-refractivity contribution in [1.82, 2.24) is 10.3 Å². The molecule has 2 nitrogen and oxygen atoms in total. The first-order valence-electron chi connectivity index (χ1n) is 6.79. The zero-order valence-corrected chi connectivity index (χ0v) is 12.2. The van der Waals surface area contributed by atoms with Gasteiger partial charge >= 0.3 is 0 Å². The van der Waals surface area contributed by atoms with Crippen LogP contribution in [0.3, 0.4) is 0 Å². The number of pyridine rings is 1. The van der Waals surface area contributed by atoms with Gasteiger partial charge in [0.25, 0.3) is 0 Å². The predicted octanol–water partition coefficient (Wildman–Crippen LogP) is 4.16. The van der Waals surface area contributed by atoms with Crippen LogP contribution < -0.4 is 5.32 Å². The van der Waals surface area contributed by atoms with Crippen molar-refractivity contribution in [2.24, 2.45) is 0 Å². The summed E-state index contributed by atoms with van der Waals surface area (Å²) in [5.41, 5.74) is 1.74. The van der Waals surface area contributed by atoms with Crippen LogP contribution in [-0.4, -0.2) is 11.5 Å². The van der Waals surface area contributed by atoms with Gasteiger partial charge in [-0.2, -0.15) is 0 Å². The molecule has 1 aromatic carbocycles. The summed E-state index contributed by atoms with van der Waals surface area (Å²) in [6.45, 7) is 2.95. The molecule has 0 aliphatic rings. The fourth-order valence-electron chi connectivity index (χ4n) is 2.12. The van der Waals surface area contributed by atoms with E-state index in [1.807, 2.05) is 18.2 Å². The molecule has 0 saturated carbocycles. The van der Waals surface area contributed by atoms with Crippen LogP contribution in [0.15, 0.2) is 42.6 Å². The molecule has 1 N–H and O–H groups in total. The van der Waals surface area contributed by atoms with Crippen molar-refractivity contribution in [3.63, 3.8) is 0 Å². The van der Waals surface area contributed by atoms with Crippen molar-refractivity contribution in [3.8, 4) is 0 Å². The van der Waals surface area contributed by atoms with E-state index in [2.05, 4.69) is 17.2 Å². The minimum Gasteiger partial charge on any atom is -0.310 e. The van der Waals surface area contributed by atoms with Gasteiger partial charge in [-0.05, 0) is 48.9 Å². The molecule has 106 valence electrons. The minimum atomic E-state index is -0.270. The van der Waals surface area contributed by atoms with E-state index in [1.54, 1.807) is 12.3 Å². The molecule has 1 aromatic heterocycles. The molecule has 2 aromatic rings. The molecule has 0 fully saturated rings. The van der Waals surface area contributed by atoms with E-state index in [1.165, 1.54) is 12.1 Å². The summed E-state index contributed by atoms with van der Waals surface area (Å²) in [5, 5.41) is 3.99. The average Bonchev–Trinajstić information content (AvgIpc) is 2.47. The van der Waals surface area contributed by atoms with E-state index in [9.17, 15) is 4.39 Å². The van der Waals surface area contributed by atoms with Crippen LogP contribution in [0.4, 0.5) is 4.39 Å². The van der Waals surface area contributed by atoms with Gasteiger partial charge in [-0.3, -0.25) is 4.98 Å². The monoisotopic (exact) mass is 292 g/mol. The first kappa shape index (κ1) is 14.9. The Morgan fingerprint density at radius 3 is 2.85 bits per heavy atom. The summed E-state index contributed by atoms with van der Waals surface area (Å²) < 4.78 is 13.5. The lowest BCUT2D eigenvalue weighted by Gasteiger charge is -2.20. The van der Waals surface area contributed by atoms with Crippen molar-refractivity contribution in [2.75, 3.05) is 6.54 Å². The number of aromatic nitrogens is 1. The van der Waals surface area contributed by atoms with Gasteiger partial charge in [0.15, 0.2) is 0 Å². The Hall–Kier alpha value is -1.45. The number of nitrogens with one attached hydrogen (secondary N) is 1. The topological polar surface area (TPSA) is 24.9 Å². The third-order valence-corrected chi connectivity index (χ3v) is 3.46. The molecule has 1 unspecified atom stereocenters. The highest BCUT2D eigenvalue weighted by Crippen LogP contribution is 2.26. The van der Waals surface area contributed by atoms with Crippen LogP contribution in [0.1, 0.15) is 30.6 Å². The van der Waals surface area contributed by atoms with Gasteiger partial charge in [0, 0.05) is 29.4 Å². The summed E-state index contributed by atoms with van der Waals surface area (Å²) in [4.78, 5) is 4.33. The number of rotatable bonds is 6. The van der Waals surface area contributed by atoms with Crippen molar-refractivity contribution in [2.45, 2.75) is 25.8 Å². The largest absolute Gasteiger partial charge is 0.310 e. The molecule has 20 heavy (non-hydrogen) atoms. The lowest BCUT2D eigenvalue weighted by atomic mass is 10.0. The molecule has 1 atom stereocenters. The molecule has 0 bridgehead atoms.